The maximum absolute atomic E-state index is 13.0. The van der Waals surface area contributed by atoms with Crippen molar-refractivity contribution < 1.29 is 18.0 Å². The van der Waals surface area contributed by atoms with Crippen LogP contribution in [0.25, 0.3) is 0 Å². The number of nitrogens with zero attached hydrogens (tertiary/aromatic N) is 2. The monoisotopic (exact) mass is 473 g/mol. The van der Waals surface area contributed by atoms with Gasteiger partial charge in [-0.05, 0) is 73.7 Å². The maximum Gasteiger partial charge on any atom is 0.243 e. The molecule has 0 saturated carbocycles. The first-order valence-electron chi connectivity index (χ1n) is 10.8. The summed E-state index contributed by atoms with van der Waals surface area (Å²) in [5.74, 6) is 0.157. The van der Waals surface area contributed by atoms with Crippen molar-refractivity contribution >= 4 is 45.0 Å². The number of hydrogen-bond acceptors (Lipinski definition) is 5. The van der Waals surface area contributed by atoms with Crippen LogP contribution in [0.2, 0.25) is 0 Å². The molecule has 32 heavy (non-hydrogen) atoms. The van der Waals surface area contributed by atoms with E-state index in [0.29, 0.717) is 24.5 Å². The van der Waals surface area contributed by atoms with Crippen LogP contribution in [-0.2, 0) is 26.0 Å². The molecule has 2 heterocycles. The molecule has 0 radical (unpaired) electrons. The molecule has 1 N–H and O–H groups in total. The fraction of sp³-hybridized carbons (Fsp3) is 0.391. The summed E-state index contributed by atoms with van der Waals surface area (Å²) in [7, 11) is -3.47. The number of anilines is 2. The topological polar surface area (TPSA) is 86.8 Å². The fourth-order valence-electron chi connectivity index (χ4n) is 4.13. The average Bonchev–Trinajstić information content (AvgIpc) is 3.33. The van der Waals surface area contributed by atoms with Gasteiger partial charge < -0.3 is 10.2 Å². The van der Waals surface area contributed by atoms with Gasteiger partial charge in [-0.15, -0.1) is 11.8 Å². The third kappa shape index (κ3) is 5.00. The van der Waals surface area contributed by atoms with E-state index in [-0.39, 0.29) is 17.6 Å². The predicted molar refractivity (Wildman–Crippen MR) is 127 cm³/mol. The molecule has 170 valence electrons. The highest BCUT2D eigenvalue weighted by Crippen LogP contribution is 2.32. The number of sulfonamides is 1. The molecule has 2 aromatic carbocycles. The Bertz CT molecular complexity index is 1110. The number of benzene rings is 2. The van der Waals surface area contributed by atoms with E-state index in [1.54, 1.807) is 27.4 Å². The third-order valence-electron chi connectivity index (χ3n) is 5.71. The summed E-state index contributed by atoms with van der Waals surface area (Å²) in [5, 5.41) is 2.72. The fourth-order valence-corrected chi connectivity index (χ4v) is 6.47. The highest BCUT2D eigenvalue weighted by Gasteiger charge is 2.29. The number of rotatable bonds is 6. The SMILES string of the molecule is CC(=O)Nc1ccc(SCC(=O)N2CCCc3cc(S(=O)(=O)N4CCCC4)ccc32)cc1. The number of fused-ring (bicyclic) bond motifs is 1. The van der Waals surface area contributed by atoms with Crippen LogP contribution in [0, 0.1) is 0 Å². The van der Waals surface area contributed by atoms with Crippen LogP contribution in [0.4, 0.5) is 11.4 Å². The average molecular weight is 474 g/mol. The standard InChI is InChI=1S/C23H27N3O4S2/c1-17(27)24-19-6-8-20(9-7-19)31-16-23(28)26-14-4-5-18-15-21(10-11-22(18)26)32(29,30)25-12-2-3-13-25/h6-11,15H,2-5,12-14,16H2,1H3,(H,24,27). The Morgan fingerprint density at radius 2 is 1.72 bits per heavy atom. The van der Waals surface area contributed by atoms with Crippen LogP contribution in [-0.4, -0.2) is 49.9 Å². The Balaban J connectivity index is 1.44. The van der Waals surface area contributed by atoms with Crippen molar-refractivity contribution in [1.82, 2.24) is 4.31 Å². The lowest BCUT2D eigenvalue weighted by molar-refractivity contribution is -0.116. The molecular weight excluding hydrogens is 446 g/mol. The van der Waals surface area contributed by atoms with E-state index in [2.05, 4.69) is 5.32 Å². The number of amides is 2. The molecule has 2 aliphatic rings. The molecule has 9 heteroatoms. The van der Waals surface area contributed by atoms with Crippen molar-refractivity contribution in [2.24, 2.45) is 0 Å². The van der Waals surface area contributed by atoms with Crippen LogP contribution in [0.1, 0.15) is 31.7 Å². The van der Waals surface area contributed by atoms with Crippen LogP contribution in [0.15, 0.2) is 52.3 Å². The minimum absolute atomic E-state index is 0.00274. The molecule has 2 amide bonds. The van der Waals surface area contributed by atoms with E-state index in [9.17, 15) is 18.0 Å². The van der Waals surface area contributed by atoms with Gasteiger partial charge in [-0.3, -0.25) is 9.59 Å². The lowest BCUT2D eigenvalue weighted by Crippen LogP contribution is -2.37. The first-order chi connectivity index (χ1) is 15.3. The first-order valence-corrected chi connectivity index (χ1v) is 13.2. The summed E-state index contributed by atoms with van der Waals surface area (Å²) in [4.78, 5) is 27.1. The van der Waals surface area contributed by atoms with E-state index in [4.69, 9.17) is 0 Å². The lowest BCUT2D eigenvalue weighted by atomic mass is 10.0. The number of aryl methyl sites for hydroxylation is 1. The Kier molecular flexibility index (Phi) is 6.88. The highest BCUT2D eigenvalue weighted by atomic mass is 32.2. The Hall–Kier alpha value is -2.36. The molecule has 2 aliphatic heterocycles. The second kappa shape index (κ2) is 9.64. The zero-order chi connectivity index (χ0) is 22.7. The van der Waals surface area contributed by atoms with Gasteiger partial charge in [-0.25, -0.2) is 8.42 Å². The molecule has 2 aromatic rings. The van der Waals surface area contributed by atoms with E-state index in [1.165, 1.54) is 18.7 Å². The summed E-state index contributed by atoms with van der Waals surface area (Å²) in [6, 6.07) is 12.5. The molecule has 0 aliphatic carbocycles. The number of thioether (sulfide) groups is 1. The zero-order valence-electron chi connectivity index (χ0n) is 18.0. The maximum atomic E-state index is 13.0. The molecule has 4 rings (SSSR count). The summed E-state index contributed by atoms with van der Waals surface area (Å²) >= 11 is 1.44. The van der Waals surface area contributed by atoms with Crippen molar-refractivity contribution in [3.8, 4) is 0 Å². The van der Waals surface area contributed by atoms with Gasteiger partial charge in [0.15, 0.2) is 0 Å². The normalized spacial score (nSPS) is 16.6. The van der Waals surface area contributed by atoms with Crippen molar-refractivity contribution in [1.29, 1.82) is 0 Å². The minimum Gasteiger partial charge on any atom is -0.326 e. The summed E-state index contributed by atoms with van der Waals surface area (Å²) < 4.78 is 27.3. The molecule has 0 unspecified atom stereocenters. The molecule has 1 saturated heterocycles. The molecular formula is C23H27N3O4S2. The van der Waals surface area contributed by atoms with Gasteiger partial charge >= 0.3 is 0 Å². The second-order valence-corrected chi connectivity index (χ2v) is 11.0. The van der Waals surface area contributed by atoms with Crippen molar-refractivity contribution in [2.75, 3.05) is 35.6 Å². The lowest BCUT2D eigenvalue weighted by Gasteiger charge is -2.30. The molecule has 1 fully saturated rings. The van der Waals surface area contributed by atoms with E-state index >= 15 is 0 Å². The number of carbonyl (C=O) groups is 2. The van der Waals surface area contributed by atoms with Crippen LogP contribution < -0.4 is 10.2 Å². The second-order valence-electron chi connectivity index (χ2n) is 8.04. The van der Waals surface area contributed by atoms with Crippen LogP contribution >= 0.6 is 11.8 Å². The Morgan fingerprint density at radius 1 is 1.00 bits per heavy atom. The largest absolute Gasteiger partial charge is 0.326 e. The zero-order valence-corrected chi connectivity index (χ0v) is 19.7. The molecule has 7 nitrogen and oxygen atoms in total. The minimum atomic E-state index is -3.47. The summed E-state index contributed by atoms with van der Waals surface area (Å²) in [6.07, 6.45) is 3.38. The molecule has 0 aromatic heterocycles. The van der Waals surface area contributed by atoms with Crippen molar-refractivity contribution in [3.05, 3.63) is 48.0 Å². The summed E-state index contributed by atoms with van der Waals surface area (Å²) in [5.41, 5.74) is 2.44. The van der Waals surface area contributed by atoms with Gasteiger partial charge in [0.2, 0.25) is 21.8 Å². The van der Waals surface area contributed by atoms with E-state index in [1.807, 2.05) is 24.3 Å². The summed E-state index contributed by atoms with van der Waals surface area (Å²) in [6.45, 7) is 3.24. The van der Waals surface area contributed by atoms with E-state index in [0.717, 1.165) is 47.5 Å². The van der Waals surface area contributed by atoms with E-state index < -0.39 is 10.0 Å². The smallest absolute Gasteiger partial charge is 0.243 e. The van der Waals surface area contributed by atoms with Gasteiger partial charge in [0.1, 0.15) is 0 Å². The van der Waals surface area contributed by atoms with Gasteiger partial charge in [0.05, 0.1) is 10.6 Å². The first kappa shape index (κ1) is 22.8. The molecule has 0 spiro atoms. The third-order valence-corrected chi connectivity index (χ3v) is 8.60. The number of carbonyl (C=O) groups excluding carboxylic acids is 2. The van der Waals surface area contributed by atoms with Crippen LogP contribution in [0.5, 0.6) is 0 Å². The van der Waals surface area contributed by atoms with Gasteiger partial charge in [-0.2, -0.15) is 4.31 Å². The number of hydrogen-bond donors (Lipinski definition) is 1. The Labute approximate surface area is 193 Å². The predicted octanol–water partition coefficient (Wildman–Crippen LogP) is 3.50. The highest BCUT2D eigenvalue weighted by molar-refractivity contribution is 8.00. The van der Waals surface area contributed by atoms with Gasteiger partial charge in [0, 0.05) is 42.8 Å². The number of nitrogens with one attached hydrogen (secondary N) is 1. The molecule has 0 atom stereocenters. The van der Waals surface area contributed by atoms with Crippen molar-refractivity contribution in [3.63, 3.8) is 0 Å². The molecule has 0 bridgehead atoms. The van der Waals surface area contributed by atoms with Crippen LogP contribution in [0.3, 0.4) is 0 Å². The quantitative estimate of drug-likeness (QED) is 0.649. The van der Waals surface area contributed by atoms with Crippen molar-refractivity contribution in [2.45, 2.75) is 42.4 Å². The van der Waals surface area contributed by atoms with Gasteiger partial charge in [0.25, 0.3) is 0 Å². The van der Waals surface area contributed by atoms with Gasteiger partial charge in [-0.1, -0.05) is 0 Å². The Morgan fingerprint density at radius 3 is 2.41 bits per heavy atom.